The van der Waals surface area contributed by atoms with Crippen molar-refractivity contribution in [2.24, 2.45) is 0 Å². The molecule has 1 atom stereocenters. The predicted molar refractivity (Wildman–Crippen MR) is 114 cm³/mol. The smallest absolute Gasteiger partial charge is 0.294 e. The average Bonchev–Trinajstić information content (AvgIpc) is 3.37. The molecule has 1 aliphatic rings. The van der Waals surface area contributed by atoms with Crippen LogP contribution in [0.2, 0.25) is 0 Å². The fourth-order valence-corrected chi connectivity index (χ4v) is 4.41. The molecular formula is C24H28N2O3. The average molecular weight is 392 g/mol. The Balaban J connectivity index is 1.48. The van der Waals surface area contributed by atoms with Crippen LogP contribution in [0, 0.1) is 0 Å². The number of aryl methyl sites for hydroxylation is 2. The van der Waals surface area contributed by atoms with Crippen LogP contribution in [0.1, 0.15) is 28.7 Å². The first-order chi connectivity index (χ1) is 14.3. The number of benzene rings is 2. The molecule has 1 aliphatic carbocycles. The van der Waals surface area contributed by atoms with Crippen LogP contribution in [0.3, 0.4) is 0 Å². The minimum absolute atomic E-state index is 0.0246. The second-order valence-electron chi connectivity index (χ2n) is 7.72. The van der Waals surface area contributed by atoms with E-state index in [1.807, 2.05) is 18.3 Å². The van der Waals surface area contributed by atoms with Crippen molar-refractivity contribution in [2.75, 3.05) is 19.7 Å². The van der Waals surface area contributed by atoms with Gasteiger partial charge in [0.2, 0.25) is 0 Å². The van der Waals surface area contributed by atoms with Crippen LogP contribution >= 0.6 is 0 Å². The summed E-state index contributed by atoms with van der Waals surface area (Å²) >= 11 is 0. The lowest BCUT2D eigenvalue weighted by Crippen LogP contribution is -2.42. The summed E-state index contributed by atoms with van der Waals surface area (Å²) in [5.41, 5.74) is 6.38. The molecule has 2 N–H and O–H groups in total. The molecule has 1 unspecified atom stereocenters. The Bertz CT molecular complexity index is 966. The van der Waals surface area contributed by atoms with E-state index in [2.05, 4.69) is 40.2 Å². The highest BCUT2D eigenvalue weighted by Crippen LogP contribution is 2.24. The van der Waals surface area contributed by atoms with Gasteiger partial charge in [0.05, 0.1) is 6.61 Å². The van der Waals surface area contributed by atoms with E-state index in [0.29, 0.717) is 26.0 Å². The number of hydrogen-bond donors (Lipinski definition) is 2. The molecule has 4 rings (SSSR count). The number of aliphatic hydroxyl groups is 1. The molecule has 0 spiro atoms. The minimum Gasteiger partial charge on any atom is -0.448 e. The van der Waals surface area contributed by atoms with E-state index in [4.69, 9.17) is 4.74 Å². The molecule has 1 aromatic heterocycles. The van der Waals surface area contributed by atoms with Gasteiger partial charge in [0, 0.05) is 36.6 Å². The molecule has 0 saturated heterocycles. The molecule has 5 heteroatoms. The number of H-pyrrole nitrogens is 1. The monoisotopic (exact) mass is 392 g/mol. The number of nitrogens with one attached hydrogen (secondary N) is 1. The van der Waals surface area contributed by atoms with Gasteiger partial charge in [-0.05, 0) is 54.0 Å². The van der Waals surface area contributed by atoms with Crippen LogP contribution in [0.25, 0.3) is 10.9 Å². The van der Waals surface area contributed by atoms with Crippen LogP contribution < -0.4 is 0 Å². The number of ether oxygens (including phenoxy) is 1. The van der Waals surface area contributed by atoms with E-state index in [1.165, 1.54) is 34.1 Å². The fraction of sp³-hybridized carbons (Fsp3) is 0.375. The number of rotatable bonds is 10. The second kappa shape index (κ2) is 9.25. The standard InChI is InChI=1S/C24H28N2O3/c27-13-12-26(11-10-21-16-25-23-7-2-1-6-22(21)23)24(29-17-28)15-18-8-9-19-4-3-5-20(19)14-18/h1-2,6-9,14,16-17,24-25,27H,3-5,10-13,15H2. The van der Waals surface area contributed by atoms with Gasteiger partial charge in [-0.1, -0.05) is 36.4 Å². The SMILES string of the molecule is O=COC(Cc1ccc2c(c1)CCC2)N(CCO)CCc1c[nH]c2ccccc12. The Morgan fingerprint density at radius 3 is 2.86 bits per heavy atom. The minimum atomic E-state index is -0.385. The van der Waals surface area contributed by atoms with Crippen LogP contribution in [-0.2, 0) is 35.2 Å². The number of hydrogen-bond acceptors (Lipinski definition) is 4. The van der Waals surface area contributed by atoms with Gasteiger partial charge >= 0.3 is 0 Å². The molecule has 5 nitrogen and oxygen atoms in total. The zero-order valence-corrected chi connectivity index (χ0v) is 16.6. The van der Waals surface area contributed by atoms with Crippen molar-refractivity contribution in [3.63, 3.8) is 0 Å². The predicted octanol–water partition coefficient (Wildman–Crippen LogP) is 3.24. The molecule has 1 heterocycles. The molecule has 0 fully saturated rings. The van der Waals surface area contributed by atoms with Gasteiger partial charge in [-0.25, -0.2) is 0 Å². The summed E-state index contributed by atoms with van der Waals surface area (Å²) in [6.07, 6.45) is 6.59. The topological polar surface area (TPSA) is 65.6 Å². The maximum absolute atomic E-state index is 11.2. The van der Waals surface area contributed by atoms with E-state index in [9.17, 15) is 9.90 Å². The summed E-state index contributed by atoms with van der Waals surface area (Å²) in [6.45, 7) is 1.71. The third-order valence-electron chi connectivity index (χ3n) is 5.92. The first-order valence-electron chi connectivity index (χ1n) is 10.4. The van der Waals surface area contributed by atoms with Crippen molar-refractivity contribution in [2.45, 2.75) is 38.3 Å². The highest BCUT2D eigenvalue weighted by molar-refractivity contribution is 5.83. The van der Waals surface area contributed by atoms with E-state index in [0.717, 1.165) is 24.8 Å². The molecule has 3 aromatic rings. The van der Waals surface area contributed by atoms with Gasteiger partial charge < -0.3 is 14.8 Å². The number of para-hydroxylation sites is 1. The molecule has 0 bridgehead atoms. The lowest BCUT2D eigenvalue weighted by molar-refractivity contribution is -0.143. The molecule has 0 saturated carbocycles. The molecule has 0 amide bonds. The third kappa shape index (κ3) is 4.52. The Labute approximate surface area is 171 Å². The third-order valence-corrected chi connectivity index (χ3v) is 5.92. The van der Waals surface area contributed by atoms with Gasteiger partial charge in [0.15, 0.2) is 6.23 Å². The lowest BCUT2D eigenvalue weighted by atomic mass is 10.0. The number of aromatic amines is 1. The van der Waals surface area contributed by atoms with Gasteiger partial charge in [-0.15, -0.1) is 0 Å². The first-order valence-corrected chi connectivity index (χ1v) is 10.4. The van der Waals surface area contributed by atoms with Crippen molar-refractivity contribution in [3.8, 4) is 0 Å². The Morgan fingerprint density at radius 2 is 2.00 bits per heavy atom. The van der Waals surface area contributed by atoms with E-state index in [-0.39, 0.29) is 12.8 Å². The summed E-state index contributed by atoms with van der Waals surface area (Å²) in [7, 11) is 0. The molecular weight excluding hydrogens is 364 g/mol. The Kier molecular flexibility index (Phi) is 6.27. The zero-order chi connectivity index (χ0) is 20.1. The number of aromatic nitrogens is 1. The highest BCUT2D eigenvalue weighted by Gasteiger charge is 2.21. The van der Waals surface area contributed by atoms with Crippen LogP contribution in [0.5, 0.6) is 0 Å². The summed E-state index contributed by atoms with van der Waals surface area (Å²) in [4.78, 5) is 16.6. The van der Waals surface area contributed by atoms with Gasteiger partial charge in [-0.2, -0.15) is 0 Å². The van der Waals surface area contributed by atoms with Crippen molar-refractivity contribution < 1.29 is 14.6 Å². The normalized spacial score (nSPS) is 14.3. The largest absolute Gasteiger partial charge is 0.448 e. The molecule has 152 valence electrons. The van der Waals surface area contributed by atoms with E-state index < -0.39 is 0 Å². The van der Waals surface area contributed by atoms with Gasteiger partial charge in [0.1, 0.15) is 0 Å². The molecule has 2 aromatic carbocycles. The quantitative estimate of drug-likeness (QED) is 0.411. The zero-order valence-electron chi connectivity index (χ0n) is 16.6. The maximum Gasteiger partial charge on any atom is 0.294 e. The van der Waals surface area contributed by atoms with E-state index in [1.54, 1.807) is 0 Å². The van der Waals surface area contributed by atoms with Crippen molar-refractivity contribution in [1.82, 2.24) is 9.88 Å². The lowest BCUT2D eigenvalue weighted by Gasteiger charge is -2.29. The maximum atomic E-state index is 11.2. The second-order valence-corrected chi connectivity index (χ2v) is 7.72. The van der Waals surface area contributed by atoms with Crippen LogP contribution in [0.15, 0.2) is 48.7 Å². The number of carbonyl (C=O) groups is 1. The summed E-state index contributed by atoms with van der Waals surface area (Å²) in [5, 5.41) is 10.8. The van der Waals surface area contributed by atoms with Crippen molar-refractivity contribution in [3.05, 3.63) is 70.9 Å². The van der Waals surface area contributed by atoms with Crippen LogP contribution in [0.4, 0.5) is 0 Å². The number of nitrogens with zero attached hydrogens (tertiary/aromatic N) is 1. The summed E-state index contributed by atoms with van der Waals surface area (Å²) < 4.78 is 5.46. The van der Waals surface area contributed by atoms with E-state index >= 15 is 0 Å². The molecule has 0 aliphatic heterocycles. The summed E-state index contributed by atoms with van der Waals surface area (Å²) in [5.74, 6) is 0. The summed E-state index contributed by atoms with van der Waals surface area (Å²) in [6, 6.07) is 14.8. The van der Waals surface area contributed by atoms with Crippen LogP contribution in [-0.4, -0.2) is 47.4 Å². The Morgan fingerprint density at radius 1 is 1.14 bits per heavy atom. The number of carbonyl (C=O) groups excluding carboxylic acids is 1. The number of fused-ring (bicyclic) bond motifs is 2. The first kappa shape index (κ1) is 19.7. The number of aliphatic hydroxyl groups excluding tert-OH is 1. The van der Waals surface area contributed by atoms with Crippen molar-refractivity contribution >= 4 is 17.4 Å². The fourth-order valence-electron chi connectivity index (χ4n) is 4.41. The highest BCUT2D eigenvalue weighted by atomic mass is 16.5. The van der Waals surface area contributed by atoms with Crippen molar-refractivity contribution in [1.29, 1.82) is 0 Å². The Hall–Kier alpha value is -2.63. The molecule has 0 radical (unpaired) electrons. The molecule has 29 heavy (non-hydrogen) atoms. The van der Waals surface area contributed by atoms with Gasteiger partial charge in [0.25, 0.3) is 6.47 Å². The van der Waals surface area contributed by atoms with Gasteiger partial charge in [-0.3, -0.25) is 9.69 Å².